The number of pyridine rings is 1. The summed E-state index contributed by atoms with van der Waals surface area (Å²) in [5.41, 5.74) is -4.18. The lowest BCUT2D eigenvalue weighted by Gasteiger charge is -2.43. The van der Waals surface area contributed by atoms with Crippen LogP contribution in [-0.2, 0) is 35.3 Å². The van der Waals surface area contributed by atoms with Gasteiger partial charge >= 0.3 is 12.3 Å². The first kappa shape index (κ1) is 42.1. The molecular formula is C41H51F3N6O9S. The van der Waals surface area contributed by atoms with Gasteiger partial charge in [0, 0.05) is 35.8 Å². The number of alkyl halides is 3. The van der Waals surface area contributed by atoms with Crippen molar-refractivity contribution in [2.45, 2.75) is 118 Å². The van der Waals surface area contributed by atoms with E-state index in [9.17, 15) is 27.6 Å². The molecule has 1 aromatic carbocycles. The van der Waals surface area contributed by atoms with Gasteiger partial charge in [-0.25, -0.2) is 22.5 Å². The maximum absolute atomic E-state index is 15.0. The molecule has 1 aromatic heterocycles. The van der Waals surface area contributed by atoms with Crippen molar-refractivity contribution in [3.8, 4) is 11.5 Å². The van der Waals surface area contributed by atoms with Gasteiger partial charge in [-0.2, -0.15) is 13.2 Å². The van der Waals surface area contributed by atoms with Crippen molar-refractivity contribution in [1.29, 1.82) is 0 Å². The molecule has 2 aliphatic carbocycles. The molecule has 4 amide bonds. The van der Waals surface area contributed by atoms with Crippen LogP contribution in [0.3, 0.4) is 0 Å². The van der Waals surface area contributed by atoms with Crippen molar-refractivity contribution in [3.63, 3.8) is 0 Å². The summed E-state index contributed by atoms with van der Waals surface area (Å²) in [6.45, 7) is 3.44. The highest BCUT2D eigenvalue weighted by molar-refractivity contribution is 7.98. The number of aromatic nitrogens is 1. The molecule has 2 N–H and O–H groups in total. The minimum absolute atomic E-state index is 0.00207. The zero-order chi connectivity index (χ0) is 43.2. The van der Waals surface area contributed by atoms with E-state index in [2.05, 4.69) is 15.6 Å². The number of hydrogen-bond donors (Lipinski definition) is 2. The minimum Gasteiger partial charge on any atom is -0.497 e. The number of allylic oxidation sites excluding steroid dienone is 1. The molecule has 19 heteroatoms. The summed E-state index contributed by atoms with van der Waals surface area (Å²) >= 11 is 0. The molecule has 0 radical (unpaired) electrons. The quantitative estimate of drug-likeness (QED) is 0.302. The van der Waals surface area contributed by atoms with Crippen LogP contribution in [0.2, 0.25) is 0 Å². The highest BCUT2D eigenvalue weighted by atomic mass is 32.2. The largest absolute Gasteiger partial charge is 0.497 e. The lowest BCUT2D eigenvalue weighted by molar-refractivity contribution is -0.145. The first-order chi connectivity index (χ1) is 28.3. The van der Waals surface area contributed by atoms with E-state index in [1.165, 1.54) is 24.1 Å². The fourth-order valence-corrected chi connectivity index (χ4v) is 11.4. The maximum Gasteiger partial charge on any atom is 0.437 e. The monoisotopic (exact) mass is 860 g/mol. The molecule has 4 fully saturated rings. The number of nitrogens with zero attached hydrogens (tertiary/aromatic N) is 4. The first-order valence-corrected chi connectivity index (χ1v) is 22.0. The van der Waals surface area contributed by atoms with Gasteiger partial charge in [0.1, 0.15) is 29.0 Å². The third kappa shape index (κ3) is 7.11. The number of sulfonamides is 1. The van der Waals surface area contributed by atoms with Gasteiger partial charge in [0.15, 0.2) is 16.3 Å². The molecule has 6 aliphatic rings. The SMILES string of the molecule is COc1ccc2nc(C(F)(F)F)c3c(c2c1)[C@H](N(C)C)C[C@]1(C[C@H]2C(=O)N[C@]4(C(=O)N5C6(CC6)S5(=O)=O)C[C@H]4/C=C\CCCCC[C@H](NC(=O)OCC(C)C)C(=O)N2C1)O3. The predicted octanol–water partition coefficient (Wildman–Crippen LogP) is 4.80. The highest BCUT2D eigenvalue weighted by Gasteiger charge is 2.83. The van der Waals surface area contributed by atoms with Crippen LogP contribution < -0.4 is 20.1 Å². The summed E-state index contributed by atoms with van der Waals surface area (Å²) in [5, 5.41) is 5.93. The summed E-state index contributed by atoms with van der Waals surface area (Å²) in [5.74, 6) is -2.88. The molecule has 5 heterocycles. The Kier molecular flexibility index (Phi) is 10.4. The van der Waals surface area contributed by atoms with Gasteiger partial charge in [-0.05, 0) is 76.7 Å². The van der Waals surface area contributed by atoms with Gasteiger partial charge in [-0.3, -0.25) is 14.4 Å². The summed E-state index contributed by atoms with van der Waals surface area (Å²) in [4.78, 5) is 62.8. The summed E-state index contributed by atoms with van der Waals surface area (Å²) < 4.78 is 89.3. The van der Waals surface area contributed by atoms with Crippen LogP contribution in [0.5, 0.6) is 11.5 Å². The number of fused-ring (bicyclic) bond motifs is 5. The average molecular weight is 861 g/mol. The van der Waals surface area contributed by atoms with Crippen LogP contribution in [0, 0.1) is 11.8 Å². The number of halogens is 3. The van der Waals surface area contributed by atoms with Crippen molar-refractivity contribution >= 4 is 44.7 Å². The number of hydrogen-bond acceptors (Lipinski definition) is 11. The van der Waals surface area contributed by atoms with Crippen molar-refractivity contribution < 1.29 is 55.0 Å². The molecule has 60 heavy (non-hydrogen) atoms. The minimum atomic E-state index is -4.96. The van der Waals surface area contributed by atoms with Gasteiger partial charge in [0.25, 0.3) is 15.9 Å². The van der Waals surface area contributed by atoms with E-state index < -0.39 is 91.5 Å². The Hall–Kier alpha value is -4.65. The molecule has 2 saturated carbocycles. The van der Waals surface area contributed by atoms with Gasteiger partial charge in [-0.1, -0.05) is 38.8 Å². The van der Waals surface area contributed by atoms with E-state index in [1.807, 2.05) is 26.0 Å². The van der Waals surface area contributed by atoms with Crippen molar-refractivity contribution in [1.82, 2.24) is 29.7 Å². The van der Waals surface area contributed by atoms with E-state index in [0.717, 1.165) is 4.31 Å². The number of carbonyl (C=O) groups excluding carboxylic acids is 4. The van der Waals surface area contributed by atoms with Crippen LogP contribution in [0.15, 0.2) is 30.4 Å². The molecule has 2 spiro atoms. The molecule has 8 rings (SSSR count). The van der Waals surface area contributed by atoms with Crippen LogP contribution >= 0.6 is 0 Å². The van der Waals surface area contributed by atoms with Crippen LogP contribution in [0.25, 0.3) is 10.9 Å². The molecule has 0 unspecified atom stereocenters. The van der Waals surface area contributed by atoms with E-state index in [1.54, 1.807) is 25.1 Å². The van der Waals surface area contributed by atoms with Gasteiger partial charge < -0.3 is 34.6 Å². The summed E-state index contributed by atoms with van der Waals surface area (Å²) in [6.07, 6.45) is 1.08. The number of amides is 4. The van der Waals surface area contributed by atoms with E-state index in [0.29, 0.717) is 49.7 Å². The van der Waals surface area contributed by atoms with Gasteiger partial charge in [-0.15, -0.1) is 0 Å². The van der Waals surface area contributed by atoms with E-state index in [4.69, 9.17) is 14.2 Å². The smallest absolute Gasteiger partial charge is 0.437 e. The lowest BCUT2D eigenvalue weighted by atomic mass is 9.83. The van der Waals surface area contributed by atoms with Gasteiger partial charge in [0.2, 0.25) is 11.8 Å². The number of alkyl carbamates (subject to hydrolysis) is 1. The maximum atomic E-state index is 15.0. The summed E-state index contributed by atoms with van der Waals surface area (Å²) in [6, 6.07) is 1.25. The molecule has 2 aromatic rings. The molecular weight excluding hydrogens is 810 g/mol. The Morgan fingerprint density at radius 3 is 2.52 bits per heavy atom. The fourth-order valence-electron chi connectivity index (χ4n) is 9.36. The Balaban J connectivity index is 1.21. The third-order valence-electron chi connectivity index (χ3n) is 12.8. The number of nitrogens with one attached hydrogen (secondary N) is 2. The number of ether oxygens (including phenoxy) is 3. The highest BCUT2D eigenvalue weighted by Crippen LogP contribution is 2.65. The summed E-state index contributed by atoms with van der Waals surface area (Å²) in [7, 11) is 1.01. The normalized spacial score (nSPS) is 31.0. The molecule has 15 nitrogen and oxygen atoms in total. The molecule has 2 saturated heterocycles. The zero-order valence-electron chi connectivity index (χ0n) is 34.3. The number of carbonyl (C=O) groups is 4. The van der Waals surface area contributed by atoms with E-state index in [-0.39, 0.29) is 55.8 Å². The number of methoxy groups -OCH3 is 1. The Labute approximate surface area is 346 Å². The Morgan fingerprint density at radius 2 is 1.87 bits per heavy atom. The average Bonchev–Trinajstić information content (AvgIpc) is 4.14. The predicted molar refractivity (Wildman–Crippen MR) is 210 cm³/mol. The molecule has 326 valence electrons. The second-order valence-corrected chi connectivity index (χ2v) is 19.9. The standard InChI is InChI=1S/C41H51F3N6O9S/c1-23(2)21-58-37(54)46-28-12-10-8-6-7-9-11-24-18-40(24,36(53)50-39(15-16-39)60(50,55)56)47-34(51)30-20-38(22-49(30)35(28)52)19-29(48(3)4)31-26-17-25(57-5)13-14-27(26)45-33(32(31)59-38)41(42,43)44/h9,11,13-14,17,23-24,28-30H,6-8,10,12,15-16,18-22H2,1-5H3,(H,46,54)(H,47,51)/b11-9-/t24-,28+,29-,30+,38-,40-,50?/m1/s1. The van der Waals surface area contributed by atoms with Crippen LogP contribution in [0.1, 0.15) is 95.4 Å². The molecule has 0 bridgehead atoms. The molecule has 4 aliphatic heterocycles. The Bertz CT molecular complexity index is 2270. The van der Waals surface area contributed by atoms with Gasteiger partial charge in [0.05, 0.1) is 25.8 Å². The fraction of sp³-hybridized carbons (Fsp3) is 0.634. The first-order valence-electron chi connectivity index (χ1n) is 20.5. The second-order valence-electron chi connectivity index (χ2n) is 17.8. The number of rotatable bonds is 6. The lowest BCUT2D eigenvalue weighted by Crippen LogP contribution is -2.57. The second kappa shape index (κ2) is 14.8. The molecule has 6 atom stereocenters. The Morgan fingerprint density at radius 1 is 1.12 bits per heavy atom. The van der Waals surface area contributed by atoms with Crippen molar-refractivity contribution in [2.75, 3.05) is 34.4 Å². The van der Waals surface area contributed by atoms with Crippen LogP contribution in [-0.4, -0.2) is 114 Å². The number of benzene rings is 1. The van der Waals surface area contributed by atoms with E-state index >= 15 is 13.2 Å². The van der Waals surface area contributed by atoms with Crippen LogP contribution in [0.4, 0.5) is 18.0 Å². The third-order valence-corrected chi connectivity index (χ3v) is 15.2. The van der Waals surface area contributed by atoms with Crippen molar-refractivity contribution in [3.05, 3.63) is 41.6 Å². The van der Waals surface area contributed by atoms with Crippen molar-refractivity contribution in [2.24, 2.45) is 11.8 Å². The topological polar surface area (TPSA) is 177 Å². The zero-order valence-corrected chi connectivity index (χ0v) is 35.1.